The molecule has 0 saturated carbocycles. The fraction of sp³-hybridized carbons (Fsp3) is 0.381. The summed E-state index contributed by atoms with van der Waals surface area (Å²) in [6.45, 7) is 0.620. The molecule has 10 heteroatoms. The quantitative estimate of drug-likeness (QED) is 0.496. The number of nitrogens with one attached hydrogen (secondary N) is 1. The number of nitrogens with zero attached hydrogens (tertiary/aromatic N) is 1. The number of sulfonamides is 1. The van der Waals surface area contributed by atoms with E-state index < -0.39 is 10.0 Å². The molecule has 0 aliphatic heterocycles. The van der Waals surface area contributed by atoms with Crippen molar-refractivity contribution in [2.45, 2.75) is 12.8 Å². The summed E-state index contributed by atoms with van der Waals surface area (Å²) < 4.78 is 54.5. The van der Waals surface area contributed by atoms with E-state index >= 15 is 0 Å². The highest BCUT2D eigenvalue weighted by atomic mass is 32.2. The number of ether oxygens (including phenoxy) is 3. The zero-order valence-corrected chi connectivity index (χ0v) is 18.6. The van der Waals surface area contributed by atoms with Gasteiger partial charge in [-0.2, -0.15) is 0 Å². The fourth-order valence-corrected chi connectivity index (χ4v) is 3.79. The topological polar surface area (TPSA) is 94.2 Å². The Bertz CT molecular complexity index is 966. The van der Waals surface area contributed by atoms with Gasteiger partial charge >= 0.3 is 0 Å². The van der Waals surface area contributed by atoms with Gasteiger partial charge in [-0.3, -0.25) is 9.10 Å². The van der Waals surface area contributed by atoms with Gasteiger partial charge in [0.2, 0.25) is 15.9 Å². The second-order valence-electron chi connectivity index (χ2n) is 6.63. The number of benzene rings is 2. The van der Waals surface area contributed by atoms with Crippen molar-refractivity contribution in [1.82, 2.24) is 5.32 Å². The number of hydrogen-bond donors (Lipinski definition) is 1. The van der Waals surface area contributed by atoms with Crippen molar-refractivity contribution in [2.24, 2.45) is 0 Å². The highest BCUT2D eigenvalue weighted by Gasteiger charge is 2.21. The van der Waals surface area contributed by atoms with Gasteiger partial charge in [-0.25, -0.2) is 12.8 Å². The number of carbonyl (C=O) groups excluding carboxylic acids is 1. The van der Waals surface area contributed by atoms with Crippen molar-refractivity contribution in [3.8, 4) is 17.2 Å². The molecule has 0 atom stereocenters. The van der Waals surface area contributed by atoms with Gasteiger partial charge < -0.3 is 19.5 Å². The van der Waals surface area contributed by atoms with E-state index in [1.54, 1.807) is 18.2 Å². The van der Waals surface area contributed by atoms with Crippen molar-refractivity contribution in [1.29, 1.82) is 0 Å². The molecule has 1 amide bonds. The molecular formula is C21H27FN2O6S. The lowest BCUT2D eigenvalue weighted by Crippen LogP contribution is -2.33. The molecular weight excluding hydrogens is 427 g/mol. The first-order chi connectivity index (χ1) is 14.7. The van der Waals surface area contributed by atoms with Gasteiger partial charge in [0.15, 0.2) is 0 Å². The first kappa shape index (κ1) is 24.3. The van der Waals surface area contributed by atoms with Crippen LogP contribution in [0.3, 0.4) is 0 Å². The third-order valence-electron chi connectivity index (χ3n) is 4.33. The minimum Gasteiger partial charge on any atom is -0.497 e. The predicted octanol–water partition coefficient (Wildman–Crippen LogP) is 2.58. The summed E-state index contributed by atoms with van der Waals surface area (Å²) in [5, 5.41) is 2.71. The lowest BCUT2D eigenvalue weighted by atomic mass is 10.2. The van der Waals surface area contributed by atoms with E-state index in [2.05, 4.69) is 5.32 Å². The first-order valence-electron chi connectivity index (χ1n) is 9.59. The Balaban J connectivity index is 1.84. The minimum absolute atomic E-state index is 0.112. The monoisotopic (exact) mass is 454 g/mol. The van der Waals surface area contributed by atoms with Gasteiger partial charge in [0.25, 0.3) is 0 Å². The van der Waals surface area contributed by atoms with Crippen LogP contribution in [0.15, 0.2) is 42.5 Å². The Hall–Kier alpha value is -3.01. The largest absolute Gasteiger partial charge is 0.497 e. The van der Waals surface area contributed by atoms with E-state index in [4.69, 9.17) is 14.2 Å². The summed E-state index contributed by atoms with van der Waals surface area (Å²) in [7, 11) is -0.638. The molecule has 1 N–H and O–H groups in total. The van der Waals surface area contributed by atoms with Crippen LogP contribution in [0.1, 0.15) is 12.8 Å². The van der Waals surface area contributed by atoms with Crippen LogP contribution in [0.2, 0.25) is 0 Å². The molecule has 2 rings (SSSR count). The molecule has 0 aliphatic rings. The third-order valence-corrected chi connectivity index (χ3v) is 5.51. The summed E-state index contributed by atoms with van der Waals surface area (Å²) in [5.74, 6) is 0.824. The molecule has 2 aromatic rings. The SMILES string of the molecule is COc1ccc(N(CCCC(=O)NCCOc2ccc(F)cc2)S(C)(=O)=O)c(OC)c1. The van der Waals surface area contributed by atoms with Gasteiger partial charge in [-0.1, -0.05) is 0 Å². The maximum Gasteiger partial charge on any atom is 0.232 e. The second kappa shape index (κ2) is 11.4. The molecule has 0 spiro atoms. The number of amides is 1. The molecule has 0 aromatic heterocycles. The van der Waals surface area contributed by atoms with Crippen LogP contribution in [-0.4, -0.2) is 54.5 Å². The van der Waals surface area contributed by atoms with Crippen LogP contribution in [0.25, 0.3) is 0 Å². The van der Waals surface area contributed by atoms with E-state index in [1.165, 1.54) is 42.8 Å². The van der Waals surface area contributed by atoms with Gasteiger partial charge in [-0.05, 0) is 42.8 Å². The smallest absolute Gasteiger partial charge is 0.232 e. The number of anilines is 1. The van der Waals surface area contributed by atoms with Gasteiger partial charge in [0.05, 0.1) is 32.7 Å². The second-order valence-corrected chi connectivity index (χ2v) is 8.54. The van der Waals surface area contributed by atoms with Crippen LogP contribution in [0, 0.1) is 5.82 Å². The molecule has 0 aliphatic carbocycles. The fourth-order valence-electron chi connectivity index (χ4n) is 2.82. The Kier molecular flexibility index (Phi) is 8.92. The van der Waals surface area contributed by atoms with Crippen LogP contribution in [0.4, 0.5) is 10.1 Å². The standard InChI is InChI=1S/C21H27FN2O6S/c1-28-18-10-11-19(20(15-18)29-2)24(31(3,26)27)13-4-5-21(25)23-12-14-30-17-8-6-16(22)7-9-17/h6-11,15H,4-5,12-14H2,1-3H3,(H,23,25). The summed E-state index contributed by atoms with van der Waals surface area (Å²) in [6.07, 6.45) is 1.55. The van der Waals surface area contributed by atoms with Crippen LogP contribution < -0.4 is 23.8 Å². The normalized spacial score (nSPS) is 11.0. The Labute approximate surface area is 182 Å². The first-order valence-corrected chi connectivity index (χ1v) is 11.4. The summed E-state index contributed by atoms with van der Waals surface area (Å²) in [4.78, 5) is 12.0. The zero-order valence-electron chi connectivity index (χ0n) is 17.8. The lowest BCUT2D eigenvalue weighted by molar-refractivity contribution is -0.121. The van der Waals surface area contributed by atoms with E-state index in [0.29, 0.717) is 29.4 Å². The molecule has 0 saturated heterocycles. The molecule has 8 nitrogen and oxygen atoms in total. The van der Waals surface area contributed by atoms with Gasteiger partial charge in [0, 0.05) is 19.0 Å². The molecule has 2 aromatic carbocycles. The predicted molar refractivity (Wildman–Crippen MR) is 116 cm³/mol. The van der Waals surface area contributed by atoms with E-state index in [-0.39, 0.29) is 37.8 Å². The molecule has 31 heavy (non-hydrogen) atoms. The highest BCUT2D eigenvalue weighted by Crippen LogP contribution is 2.33. The summed E-state index contributed by atoms with van der Waals surface area (Å²) in [6, 6.07) is 10.4. The number of carbonyl (C=O) groups is 1. The lowest BCUT2D eigenvalue weighted by Gasteiger charge is -2.24. The Morgan fingerprint density at radius 3 is 2.35 bits per heavy atom. The Morgan fingerprint density at radius 1 is 1.06 bits per heavy atom. The minimum atomic E-state index is -3.59. The van der Waals surface area contributed by atoms with Crippen molar-refractivity contribution in [2.75, 3.05) is 44.5 Å². The zero-order chi connectivity index (χ0) is 22.9. The molecule has 170 valence electrons. The number of rotatable bonds is 12. The average molecular weight is 455 g/mol. The maximum absolute atomic E-state index is 12.8. The maximum atomic E-state index is 12.8. The molecule has 0 unspecified atom stereocenters. The molecule has 0 heterocycles. The van der Waals surface area contributed by atoms with E-state index in [1.807, 2.05) is 0 Å². The highest BCUT2D eigenvalue weighted by molar-refractivity contribution is 7.92. The van der Waals surface area contributed by atoms with E-state index in [9.17, 15) is 17.6 Å². The number of methoxy groups -OCH3 is 2. The third kappa shape index (κ3) is 7.63. The summed E-state index contributed by atoms with van der Waals surface area (Å²) >= 11 is 0. The van der Waals surface area contributed by atoms with Crippen LogP contribution in [0.5, 0.6) is 17.2 Å². The summed E-state index contributed by atoms with van der Waals surface area (Å²) in [5.41, 5.74) is 0.374. The number of hydrogen-bond acceptors (Lipinski definition) is 6. The average Bonchev–Trinajstić information content (AvgIpc) is 2.74. The Morgan fingerprint density at radius 2 is 1.74 bits per heavy atom. The molecule has 0 radical (unpaired) electrons. The van der Waals surface area contributed by atoms with Crippen molar-refractivity contribution in [3.63, 3.8) is 0 Å². The van der Waals surface area contributed by atoms with Gasteiger partial charge in [0.1, 0.15) is 29.7 Å². The molecule has 0 fully saturated rings. The van der Waals surface area contributed by atoms with E-state index in [0.717, 1.165) is 6.26 Å². The van der Waals surface area contributed by atoms with Gasteiger partial charge in [-0.15, -0.1) is 0 Å². The van der Waals surface area contributed by atoms with Crippen molar-refractivity contribution >= 4 is 21.6 Å². The van der Waals surface area contributed by atoms with Crippen molar-refractivity contribution in [3.05, 3.63) is 48.3 Å². The van der Waals surface area contributed by atoms with Crippen LogP contribution >= 0.6 is 0 Å². The van der Waals surface area contributed by atoms with Crippen LogP contribution in [-0.2, 0) is 14.8 Å². The molecule has 0 bridgehead atoms. The van der Waals surface area contributed by atoms with Crippen molar-refractivity contribution < 1.29 is 31.8 Å². The number of halogens is 1.